The summed E-state index contributed by atoms with van der Waals surface area (Å²) < 4.78 is 0. The quantitative estimate of drug-likeness (QED) is 0.799. The zero-order valence-corrected chi connectivity index (χ0v) is 15.0. The molecular weight excluding hydrogens is 312 g/mol. The van der Waals surface area contributed by atoms with Gasteiger partial charge in [-0.15, -0.1) is 0 Å². The first kappa shape index (κ1) is 15.6. The van der Waals surface area contributed by atoms with E-state index in [0.29, 0.717) is 12.0 Å². The van der Waals surface area contributed by atoms with Gasteiger partial charge in [-0.1, -0.05) is 29.8 Å². The summed E-state index contributed by atoms with van der Waals surface area (Å²) in [4.78, 5) is 17.3. The van der Waals surface area contributed by atoms with E-state index in [1.807, 2.05) is 11.0 Å². The van der Waals surface area contributed by atoms with Crippen molar-refractivity contribution < 1.29 is 9.90 Å². The highest BCUT2D eigenvalue weighted by Crippen LogP contribution is 2.63. The van der Waals surface area contributed by atoms with Crippen LogP contribution >= 0.6 is 0 Å². The molecule has 4 aliphatic rings. The van der Waals surface area contributed by atoms with Gasteiger partial charge in [0.1, 0.15) is 0 Å². The van der Waals surface area contributed by atoms with Crippen molar-refractivity contribution in [2.24, 2.45) is 11.8 Å². The number of carbonyl (C=O) groups is 1. The van der Waals surface area contributed by atoms with Gasteiger partial charge in [0.15, 0.2) is 0 Å². The number of nitrogens with zero attached hydrogens (tertiary/aromatic N) is 2. The molecule has 4 heteroatoms. The Kier molecular flexibility index (Phi) is 3.23. The van der Waals surface area contributed by atoms with E-state index in [4.69, 9.17) is 0 Å². The van der Waals surface area contributed by atoms with Gasteiger partial charge < -0.3 is 10.0 Å². The molecule has 1 amide bonds. The minimum absolute atomic E-state index is 0.00850. The number of aliphatic hydroxyl groups is 1. The number of hydrogen-bond donors (Lipinski definition) is 1. The van der Waals surface area contributed by atoms with Crippen molar-refractivity contribution in [3.05, 3.63) is 41.5 Å². The first-order valence-corrected chi connectivity index (χ1v) is 9.52. The molecule has 5 unspecified atom stereocenters. The fourth-order valence-corrected chi connectivity index (χ4v) is 6.69. The molecule has 3 aliphatic heterocycles. The predicted molar refractivity (Wildman–Crippen MR) is 97.5 cm³/mol. The Morgan fingerprint density at radius 3 is 2.92 bits per heavy atom. The summed E-state index contributed by atoms with van der Waals surface area (Å²) in [6.07, 6.45) is 4.44. The summed E-state index contributed by atoms with van der Waals surface area (Å²) in [5.74, 6) is 0.621. The maximum absolute atomic E-state index is 12.7. The standard InChI is InChI=1S/C21H26N2O2/c1-3-14-11-22-9-8-21-17-6-4-5-7-18(17)23(13(2)25)20(21)16(12-24)15(14)10-19(21)22/h3-7,15-16,19-20,24H,8-12H2,1-2H3/b14-3-. The van der Waals surface area contributed by atoms with Crippen LogP contribution in [0.15, 0.2) is 35.9 Å². The molecule has 3 fully saturated rings. The van der Waals surface area contributed by atoms with Crippen LogP contribution < -0.4 is 4.90 Å². The summed E-state index contributed by atoms with van der Waals surface area (Å²) in [6, 6.07) is 9.04. The molecule has 0 radical (unpaired) electrons. The molecule has 5 rings (SSSR count). The van der Waals surface area contributed by atoms with Gasteiger partial charge >= 0.3 is 0 Å². The Bertz CT molecular complexity index is 773. The van der Waals surface area contributed by atoms with Gasteiger partial charge in [0.2, 0.25) is 5.91 Å². The third-order valence-corrected chi connectivity index (χ3v) is 7.50. The van der Waals surface area contributed by atoms with Gasteiger partial charge in [-0.05, 0) is 43.9 Å². The molecule has 132 valence electrons. The number of amides is 1. The molecule has 4 nitrogen and oxygen atoms in total. The number of hydrogen-bond acceptors (Lipinski definition) is 3. The predicted octanol–water partition coefficient (Wildman–Crippen LogP) is 2.32. The second-order valence-corrected chi connectivity index (χ2v) is 8.18. The molecule has 1 aromatic carbocycles. The zero-order valence-electron chi connectivity index (χ0n) is 15.0. The van der Waals surface area contributed by atoms with Crippen molar-refractivity contribution in [1.29, 1.82) is 0 Å². The van der Waals surface area contributed by atoms with Gasteiger partial charge in [0.25, 0.3) is 0 Å². The van der Waals surface area contributed by atoms with Crippen LogP contribution in [-0.4, -0.2) is 47.7 Å². The maximum atomic E-state index is 12.7. The summed E-state index contributed by atoms with van der Waals surface area (Å²) in [5.41, 5.74) is 3.86. The molecule has 1 N–H and O–H groups in total. The molecule has 2 bridgehead atoms. The lowest BCUT2D eigenvalue weighted by molar-refractivity contribution is -0.118. The molecule has 1 spiro atoms. The number of anilines is 1. The zero-order chi connectivity index (χ0) is 17.3. The number of benzene rings is 1. The van der Waals surface area contributed by atoms with E-state index in [2.05, 4.69) is 36.1 Å². The molecule has 5 atom stereocenters. The Morgan fingerprint density at radius 2 is 2.20 bits per heavy atom. The van der Waals surface area contributed by atoms with E-state index in [0.717, 1.165) is 31.6 Å². The number of carbonyl (C=O) groups excluding carboxylic acids is 1. The number of rotatable bonds is 1. The van der Waals surface area contributed by atoms with Crippen molar-refractivity contribution in [2.45, 2.75) is 44.2 Å². The molecule has 3 heterocycles. The number of piperidine rings is 1. The van der Waals surface area contributed by atoms with Gasteiger partial charge in [-0.3, -0.25) is 9.69 Å². The molecular formula is C21H26N2O2. The number of para-hydroxylation sites is 1. The normalized spacial score (nSPS) is 40.3. The average Bonchev–Trinajstić information content (AvgIpc) is 3.15. The fourth-order valence-electron chi connectivity index (χ4n) is 6.69. The van der Waals surface area contributed by atoms with Crippen LogP contribution in [0, 0.1) is 11.8 Å². The largest absolute Gasteiger partial charge is 0.396 e. The highest BCUT2D eigenvalue weighted by Gasteiger charge is 2.67. The monoisotopic (exact) mass is 338 g/mol. The van der Waals surface area contributed by atoms with Crippen LogP contribution in [0.2, 0.25) is 0 Å². The van der Waals surface area contributed by atoms with E-state index in [-0.39, 0.29) is 29.9 Å². The van der Waals surface area contributed by atoms with Crippen LogP contribution in [0.4, 0.5) is 5.69 Å². The van der Waals surface area contributed by atoms with Crippen molar-refractivity contribution in [1.82, 2.24) is 4.90 Å². The summed E-state index contributed by atoms with van der Waals surface area (Å²) in [7, 11) is 0. The van der Waals surface area contributed by atoms with Crippen molar-refractivity contribution in [3.8, 4) is 0 Å². The van der Waals surface area contributed by atoms with Gasteiger partial charge in [-0.2, -0.15) is 0 Å². The second kappa shape index (κ2) is 5.18. The lowest BCUT2D eigenvalue weighted by Crippen LogP contribution is -2.65. The highest BCUT2D eigenvalue weighted by atomic mass is 16.3. The van der Waals surface area contributed by atoms with Crippen molar-refractivity contribution >= 4 is 11.6 Å². The SMILES string of the molecule is C/C=C1/CN2CCC34c5ccccc5N(C(C)=O)C3C(CO)C1CC24. The summed E-state index contributed by atoms with van der Waals surface area (Å²) >= 11 is 0. The molecule has 1 saturated carbocycles. The Balaban J connectivity index is 1.77. The Labute approximate surface area is 149 Å². The first-order chi connectivity index (χ1) is 12.1. The number of fused-ring (bicyclic) bond motifs is 2. The van der Waals surface area contributed by atoms with E-state index >= 15 is 0 Å². The molecule has 25 heavy (non-hydrogen) atoms. The highest BCUT2D eigenvalue weighted by molar-refractivity contribution is 5.96. The third-order valence-electron chi connectivity index (χ3n) is 7.50. The topological polar surface area (TPSA) is 43.8 Å². The van der Waals surface area contributed by atoms with E-state index < -0.39 is 0 Å². The second-order valence-electron chi connectivity index (χ2n) is 8.18. The van der Waals surface area contributed by atoms with E-state index in [1.54, 1.807) is 6.92 Å². The fraction of sp³-hybridized carbons (Fsp3) is 0.571. The summed E-state index contributed by atoms with van der Waals surface area (Å²) in [6.45, 7) is 6.06. The van der Waals surface area contributed by atoms with E-state index in [1.165, 1.54) is 11.1 Å². The van der Waals surface area contributed by atoms with Crippen LogP contribution in [0.3, 0.4) is 0 Å². The molecule has 1 aliphatic carbocycles. The number of aliphatic hydroxyl groups excluding tert-OH is 1. The van der Waals surface area contributed by atoms with Crippen molar-refractivity contribution in [3.63, 3.8) is 0 Å². The molecule has 0 aromatic heterocycles. The number of allylic oxidation sites excluding steroid dienone is 1. The van der Waals surface area contributed by atoms with Crippen LogP contribution in [0.25, 0.3) is 0 Å². The van der Waals surface area contributed by atoms with Crippen LogP contribution in [0.1, 0.15) is 32.3 Å². The van der Waals surface area contributed by atoms with Crippen LogP contribution in [0.5, 0.6) is 0 Å². The third kappa shape index (κ3) is 1.72. The average molecular weight is 338 g/mol. The minimum atomic E-state index is -0.00850. The smallest absolute Gasteiger partial charge is 0.224 e. The Morgan fingerprint density at radius 1 is 1.40 bits per heavy atom. The van der Waals surface area contributed by atoms with Gasteiger partial charge in [-0.25, -0.2) is 0 Å². The Hall–Kier alpha value is -1.65. The summed E-state index contributed by atoms with van der Waals surface area (Å²) in [5, 5.41) is 10.4. The van der Waals surface area contributed by atoms with E-state index in [9.17, 15) is 9.90 Å². The lowest BCUT2D eigenvalue weighted by atomic mass is 9.55. The molecule has 1 aromatic rings. The first-order valence-electron chi connectivity index (χ1n) is 9.52. The maximum Gasteiger partial charge on any atom is 0.224 e. The van der Waals surface area contributed by atoms with Crippen LogP contribution in [-0.2, 0) is 10.2 Å². The van der Waals surface area contributed by atoms with Gasteiger partial charge in [0, 0.05) is 43.1 Å². The van der Waals surface area contributed by atoms with Crippen molar-refractivity contribution in [2.75, 3.05) is 24.6 Å². The minimum Gasteiger partial charge on any atom is -0.396 e. The van der Waals surface area contributed by atoms with Gasteiger partial charge in [0.05, 0.1) is 6.04 Å². The lowest BCUT2D eigenvalue weighted by Gasteiger charge is -2.56. The molecule has 2 saturated heterocycles.